The van der Waals surface area contributed by atoms with Gasteiger partial charge in [-0.1, -0.05) is 0 Å². The second-order valence-electron chi connectivity index (χ2n) is 6.05. The first-order valence-electron chi connectivity index (χ1n) is 7.96. The fourth-order valence-electron chi connectivity index (χ4n) is 2.69. The van der Waals surface area contributed by atoms with Crippen LogP contribution < -0.4 is 9.47 Å². The molecule has 27 heavy (non-hydrogen) atoms. The summed E-state index contributed by atoms with van der Waals surface area (Å²) in [6.45, 7) is 1.61. The van der Waals surface area contributed by atoms with E-state index in [4.69, 9.17) is 9.47 Å². The molecule has 1 aliphatic rings. The zero-order valence-corrected chi connectivity index (χ0v) is 15.3. The first-order valence-corrected chi connectivity index (χ1v) is 9.40. The highest BCUT2D eigenvalue weighted by atomic mass is 32.2. The van der Waals surface area contributed by atoms with Crippen molar-refractivity contribution in [2.75, 3.05) is 20.2 Å². The largest absolute Gasteiger partial charge is 0.496 e. The van der Waals surface area contributed by atoms with Crippen LogP contribution in [0.5, 0.6) is 11.6 Å². The number of benzene rings is 1. The minimum atomic E-state index is -4.60. The first-order chi connectivity index (χ1) is 12.6. The lowest BCUT2D eigenvalue weighted by atomic mass is 10.2. The third kappa shape index (κ3) is 3.86. The summed E-state index contributed by atoms with van der Waals surface area (Å²) >= 11 is 0. The molecule has 0 amide bonds. The Morgan fingerprint density at radius 1 is 1.22 bits per heavy atom. The Hall–Kier alpha value is -2.33. The second kappa shape index (κ2) is 7.01. The number of hydrogen-bond donors (Lipinski definition) is 0. The van der Waals surface area contributed by atoms with Crippen molar-refractivity contribution in [3.8, 4) is 11.6 Å². The van der Waals surface area contributed by atoms with Crippen molar-refractivity contribution in [2.45, 2.75) is 24.1 Å². The lowest BCUT2D eigenvalue weighted by molar-refractivity contribution is -0.140. The van der Waals surface area contributed by atoms with Crippen LogP contribution in [0.2, 0.25) is 0 Å². The van der Waals surface area contributed by atoms with Gasteiger partial charge in [-0.3, -0.25) is 0 Å². The molecule has 0 bridgehead atoms. The van der Waals surface area contributed by atoms with Crippen molar-refractivity contribution in [2.24, 2.45) is 0 Å². The number of aryl methyl sites for hydroxylation is 1. The van der Waals surface area contributed by atoms with Crippen molar-refractivity contribution in [1.29, 1.82) is 0 Å². The predicted molar refractivity (Wildman–Crippen MR) is 90.1 cm³/mol. The number of hydrogen-bond acceptors (Lipinski definition) is 5. The molecule has 2 aromatic rings. The average Bonchev–Trinajstić information content (AvgIpc) is 2.57. The smallest absolute Gasteiger partial charge is 0.421 e. The highest BCUT2D eigenvalue weighted by Crippen LogP contribution is 2.36. The lowest BCUT2D eigenvalue weighted by Crippen LogP contribution is -2.56. The maximum atomic E-state index is 13.0. The number of sulfonamides is 1. The van der Waals surface area contributed by atoms with E-state index in [0.717, 1.165) is 10.4 Å². The Kier molecular flexibility index (Phi) is 5.04. The summed E-state index contributed by atoms with van der Waals surface area (Å²) in [5.74, 6) is 0.0148. The third-order valence-electron chi connectivity index (χ3n) is 4.17. The molecule has 0 atom stereocenters. The van der Waals surface area contributed by atoms with Crippen molar-refractivity contribution in [3.05, 3.63) is 47.7 Å². The van der Waals surface area contributed by atoms with Gasteiger partial charge < -0.3 is 9.47 Å². The molecule has 1 aliphatic heterocycles. The molecule has 1 aromatic carbocycles. The summed E-state index contributed by atoms with van der Waals surface area (Å²) in [5, 5.41) is 0. The molecule has 1 fully saturated rings. The standard InChI is InChI=1S/C17H17F3N2O4S/c1-11-8-13(5-6-15(11)25-2)27(23,24)22-9-12(10-22)26-16-14(17(18,19)20)4-3-7-21-16/h3-8,12H,9-10H2,1-2H3. The molecule has 2 heterocycles. The Labute approximate surface area is 154 Å². The van der Waals surface area contributed by atoms with Gasteiger partial charge in [-0.25, -0.2) is 13.4 Å². The Bertz CT molecular complexity index is 941. The van der Waals surface area contributed by atoms with E-state index in [1.54, 1.807) is 13.0 Å². The number of pyridine rings is 1. The van der Waals surface area contributed by atoms with Gasteiger partial charge in [0.2, 0.25) is 15.9 Å². The summed E-state index contributed by atoms with van der Waals surface area (Å²) in [6.07, 6.45) is -4.10. The van der Waals surface area contributed by atoms with Crippen molar-refractivity contribution in [3.63, 3.8) is 0 Å². The van der Waals surface area contributed by atoms with Gasteiger partial charge in [0.25, 0.3) is 0 Å². The number of nitrogens with zero attached hydrogens (tertiary/aromatic N) is 2. The fraction of sp³-hybridized carbons (Fsp3) is 0.353. The molecule has 0 aliphatic carbocycles. The van der Waals surface area contributed by atoms with Crippen molar-refractivity contribution >= 4 is 10.0 Å². The summed E-state index contributed by atoms with van der Waals surface area (Å²) in [7, 11) is -2.27. The number of alkyl halides is 3. The number of rotatable bonds is 5. The molecule has 10 heteroatoms. The minimum Gasteiger partial charge on any atom is -0.496 e. The second-order valence-corrected chi connectivity index (χ2v) is 7.99. The topological polar surface area (TPSA) is 68.7 Å². The van der Waals surface area contributed by atoms with Gasteiger partial charge in [0.1, 0.15) is 17.4 Å². The molecule has 146 valence electrons. The van der Waals surface area contributed by atoms with Crippen LogP contribution in [-0.4, -0.2) is 44.0 Å². The molecule has 3 rings (SSSR count). The SMILES string of the molecule is COc1ccc(S(=O)(=O)N2CC(Oc3ncccc3C(F)(F)F)C2)cc1C. The van der Waals surface area contributed by atoms with E-state index < -0.39 is 33.7 Å². The summed E-state index contributed by atoms with van der Waals surface area (Å²) in [5.41, 5.74) is -0.327. The third-order valence-corrected chi connectivity index (χ3v) is 6.00. The van der Waals surface area contributed by atoms with Crippen molar-refractivity contribution < 1.29 is 31.1 Å². The molecular weight excluding hydrogens is 385 g/mol. The van der Waals surface area contributed by atoms with Crippen LogP contribution in [0.1, 0.15) is 11.1 Å². The van der Waals surface area contributed by atoms with E-state index in [1.165, 1.54) is 31.5 Å². The number of ether oxygens (including phenoxy) is 2. The van der Waals surface area contributed by atoms with Gasteiger partial charge in [-0.2, -0.15) is 17.5 Å². The molecule has 1 saturated heterocycles. The molecule has 0 spiro atoms. The number of methoxy groups -OCH3 is 1. The summed E-state index contributed by atoms with van der Waals surface area (Å²) in [4.78, 5) is 3.71. The summed E-state index contributed by atoms with van der Waals surface area (Å²) in [6, 6.07) is 6.51. The first kappa shape index (κ1) is 19.4. The lowest BCUT2D eigenvalue weighted by Gasteiger charge is -2.37. The summed E-state index contributed by atoms with van der Waals surface area (Å²) < 4.78 is 75.7. The Morgan fingerprint density at radius 2 is 1.93 bits per heavy atom. The molecule has 0 unspecified atom stereocenters. The van der Waals surface area contributed by atoms with Gasteiger partial charge in [0.05, 0.1) is 25.1 Å². The van der Waals surface area contributed by atoms with Gasteiger partial charge in [-0.05, 0) is 42.8 Å². The zero-order valence-electron chi connectivity index (χ0n) is 14.5. The highest BCUT2D eigenvalue weighted by Gasteiger charge is 2.41. The minimum absolute atomic E-state index is 0.0543. The van der Waals surface area contributed by atoms with Crippen LogP contribution in [0.4, 0.5) is 13.2 Å². The van der Waals surface area contributed by atoms with Gasteiger partial charge in [0, 0.05) is 6.20 Å². The molecular formula is C17H17F3N2O4S. The van der Waals surface area contributed by atoms with Crippen molar-refractivity contribution in [1.82, 2.24) is 9.29 Å². The normalized spacial score (nSPS) is 16.0. The maximum Gasteiger partial charge on any atom is 0.421 e. The van der Waals surface area contributed by atoms with E-state index in [0.29, 0.717) is 11.3 Å². The van der Waals surface area contributed by atoms with Crippen LogP contribution in [0.15, 0.2) is 41.4 Å². The van der Waals surface area contributed by atoms with Gasteiger partial charge in [0.15, 0.2) is 0 Å². The van der Waals surface area contributed by atoms with E-state index in [2.05, 4.69) is 4.98 Å². The number of aromatic nitrogens is 1. The van der Waals surface area contributed by atoms with E-state index >= 15 is 0 Å². The van der Waals surface area contributed by atoms with Crippen LogP contribution >= 0.6 is 0 Å². The van der Waals surface area contributed by atoms with E-state index in [-0.39, 0.29) is 18.0 Å². The highest BCUT2D eigenvalue weighted by molar-refractivity contribution is 7.89. The van der Waals surface area contributed by atoms with Crippen LogP contribution in [0.25, 0.3) is 0 Å². The monoisotopic (exact) mass is 402 g/mol. The van der Waals surface area contributed by atoms with Gasteiger partial charge in [-0.15, -0.1) is 0 Å². The average molecular weight is 402 g/mol. The van der Waals surface area contributed by atoms with E-state index in [1.807, 2.05) is 0 Å². The van der Waals surface area contributed by atoms with Gasteiger partial charge >= 0.3 is 6.18 Å². The quantitative estimate of drug-likeness (QED) is 0.769. The number of halogens is 3. The van der Waals surface area contributed by atoms with Crippen LogP contribution in [0, 0.1) is 6.92 Å². The molecule has 0 saturated carbocycles. The van der Waals surface area contributed by atoms with E-state index in [9.17, 15) is 21.6 Å². The van der Waals surface area contributed by atoms with Crippen LogP contribution in [-0.2, 0) is 16.2 Å². The Balaban J connectivity index is 1.70. The van der Waals surface area contributed by atoms with Crippen LogP contribution in [0.3, 0.4) is 0 Å². The fourth-order valence-corrected chi connectivity index (χ4v) is 4.28. The zero-order chi connectivity index (χ0) is 19.8. The maximum absolute atomic E-state index is 13.0. The molecule has 0 radical (unpaired) electrons. The predicted octanol–water partition coefficient (Wildman–Crippen LogP) is 2.87. The molecule has 6 nitrogen and oxygen atoms in total. The Morgan fingerprint density at radius 3 is 2.52 bits per heavy atom. The molecule has 1 aromatic heterocycles. The molecule has 0 N–H and O–H groups in total.